The molecule has 10 heteroatoms. The van der Waals surface area contributed by atoms with Gasteiger partial charge in [0.2, 0.25) is 11.7 Å². The number of hydrogen-bond acceptors (Lipinski definition) is 5. The second-order valence-corrected chi connectivity index (χ2v) is 9.12. The number of aromatic nitrogens is 6. The topological polar surface area (TPSA) is 98.5 Å². The maximum Gasteiger partial charge on any atom is 0.335 e. The quantitative estimate of drug-likeness (QED) is 0.279. The van der Waals surface area contributed by atoms with Crippen molar-refractivity contribution in [2.45, 2.75) is 39.2 Å². The van der Waals surface area contributed by atoms with Gasteiger partial charge in [0.15, 0.2) is 0 Å². The first-order chi connectivity index (χ1) is 19.0. The number of halogens is 2. The number of hydrogen-bond donors (Lipinski definition) is 1. The predicted molar refractivity (Wildman–Crippen MR) is 143 cm³/mol. The summed E-state index contributed by atoms with van der Waals surface area (Å²) >= 11 is 0. The first-order valence-corrected chi connectivity index (χ1v) is 12.6. The Morgan fingerprint density at radius 2 is 1.62 bits per heavy atom. The number of nitrogens with zero attached hydrogens (tertiary/aromatic N) is 5. The zero-order valence-corrected chi connectivity index (χ0v) is 21.2. The summed E-state index contributed by atoms with van der Waals surface area (Å²) in [6.45, 7) is 1.91. The van der Waals surface area contributed by atoms with Crippen molar-refractivity contribution in [1.82, 2.24) is 29.8 Å². The van der Waals surface area contributed by atoms with Gasteiger partial charge >= 0.3 is 5.69 Å². The van der Waals surface area contributed by atoms with Gasteiger partial charge in [0.25, 0.3) is 6.43 Å². The van der Waals surface area contributed by atoms with E-state index in [0.717, 1.165) is 22.3 Å². The lowest BCUT2D eigenvalue weighted by atomic mass is 9.98. The van der Waals surface area contributed by atoms with Crippen LogP contribution in [0.2, 0.25) is 0 Å². The lowest BCUT2D eigenvalue weighted by Crippen LogP contribution is -2.31. The lowest BCUT2D eigenvalue weighted by Gasteiger charge is -2.11. The highest BCUT2D eigenvalue weighted by Crippen LogP contribution is 2.30. The summed E-state index contributed by atoms with van der Waals surface area (Å²) in [5, 5.41) is 14.2. The van der Waals surface area contributed by atoms with Crippen LogP contribution >= 0.6 is 0 Å². The van der Waals surface area contributed by atoms with Crippen molar-refractivity contribution in [3.63, 3.8) is 0 Å². The standard InChI is InChI=1S/C29H26F2N6O2/c1-2-8-24-26(27(30)31)37(25(38)17-19-9-4-3-5-10-19)29(39)36(24)18-20-13-15-21(16-14-20)22-11-6-7-12-23(22)28-32-34-35-33-28/h3-7,9-16,27H,2,8,17-18H2,1H3,(H,32,33,34,35). The first-order valence-electron chi connectivity index (χ1n) is 12.6. The monoisotopic (exact) mass is 528 g/mol. The summed E-state index contributed by atoms with van der Waals surface area (Å²) in [4.78, 5) is 26.6. The van der Waals surface area contributed by atoms with Crippen molar-refractivity contribution in [1.29, 1.82) is 0 Å². The van der Waals surface area contributed by atoms with E-state index in [4.69, 9.17) is 0 Å². The normalized spacial score (nSPS) is 11.3. The summed E-state index contributed by atoms with van der Waals surface area (Å²) in [5.74, 6) is -0.211. The van der Waals surface area contributed by atoms with E-state index in [1.165, 1.54) is 4.57 Å². The van der Waals surface area contributed by atoms with Gasteiger partial charge in [-0.25, -0.2) is 18.1 Å². The molecule has 1 N–H and O–H groups in total. The number of aromatic amines is 1. The van der Waals surface area contributed by atoms with Gasteiger partial charge in [0.05, 0.1) is 13.0 Å². The molecular formula is C29H26F2N6O2. The molecule has 0 spiro atoms. The molecule has 0 aliphatic heterocycles. The van der Waals surface area contributed by atoms with E-state index >= 15 is 0 Å². The van der Waals surface area contributed by atoms with E-state index < -0.39 is 23.7 Å². The molecule has 39 heavy (non-hydrogen) atoms. The fourth-order valence-corrected chi connectivity index (χ4v) is 4.76. The van der Waals surface area contributed by atoms with Gasteiger partial charge in [0.1, 0.15) is 5.69 Å². The number of benzene rings is 3. The Balaban J connectivity index is 1.49. The number of tetrazole rings is 1. The van der Waals surface area contributed by atoms with Crippen LogP contribution in [0.25, 0.3) is 22.5 Å². The number of imidazole rings is 1. The van der Waals surface area contributed by atoms with E-state index in [-0.39, 0.29) is 25.1 Å². The third kappa shape index (κ3) is 5.31. The minimum Gasteiger partial charge on any atom is -0.291 e. The third-order valence-electron chi connectivity index (χ3n) is 6.54. The molecule has 0 atom stereocenters. The highest BCUT2D eigenvalue weighted by atomic mass is 19.3. The maximum atomic E-state index is 14.3. The van der Waals surface area contributed by atoms with Gasteiger partial charge in [-0.3, -0.25) is 9.36 Å². The van der Waals surface area contributed by atoms with Crippen molar-refractivity contribution in [3.8, 4) is 22.5 Å². The van der Waals surface area contributed by atoms with Crippen molar-refractivity contribution in [2.24, 2.45) is 0 Å². The average molecular weight is 529 g/mol. The second kappa shape index (κ2) is 11.3. The van der Waals surface area contributed by atoms with E-state index in [2.05, 4.69) is 20.6 Å². The van der Waals surface area contributed by atoms with Crippen LogP contribution in [-0.2, 0) is 19.4 Å². The summed E-state index contributed by atoms with van der Waals surface area (Å²) in [7, 11) is 0. The van der Waals surface area contributed by atoms with Gasteiger partial charge in [-0.2, -0.15) is 5.21 Å². The number of nitrogens with one attached hydrogen (secondary N) is 1. The number of H-pyrrole nitrogens is 1. The first kappa shape index (κ1) is 25.9. The average Bonchev–Trinajstić information content (AvgIpc) is 3.58. The van der Waals surface area contributed by atoms with Crippen LogP contribution in [0.4, 0.5) is 8.78 Å². The van der Waals surface area contributed by atoms with Crippen LogP contribution in [0.1, 0.15) is 47.1 Å². The fourth-order valence-electron chi connectivity index (χ4n) is 4.76. The molecule has 0 saturated carbocycles. The highest BCUT2D eigenvalue weighted by molar-refractivity contribution is 5.82. The Morgan fingerprint density at radius 3 is 2.26 bits per heavy atom. The summed E-state index contributed by atoms with van der Waals surface area (Å²) in [6.07, 6.45) is -2.33. The SMILES string of the molecule is CCCc1c(C(F)F)n(C(=O)Cc2ccccc2)c(=O)n1Cc1ccc(-c2ccccc2-c2nn[nH]n2)cc1. The largest absolute Gasteiger partial charge is 0.335 e. The molecule has 0 amide bonds. The lowest BCUT2D eigenvalue weighted by molar-refractivity contribution is 0.0868. The van der Waals surface area contributed by atoms with Crippen molar-refractivity contribution >= 4 is 5.91 Å². The molecule has 2 aromatic heterocycles. The number of carbonyl (C=O) groups excluding carboxylic acids is 1. The number of rotatable bonds is 9. The van der Waals surface area contributed by atoms with E-state index in [1.807, 2.05) is 55.5 Å². The number of alkyl halides is 2. The van der Waals surface area contributed by atoms with Crippen LogP contribution in [0.3, 0.4) is 0 Å². The molecule has 8 nitrogen and oxygen atoms in total. The molecule has 0 saturated heterocycles. The molecule has 0 fully saturated rings. The minimum atomic E-state index is -2.97. The molecular weight excluding hydrogens is 502 g/mol. The van der Waals surface area contributed by atoms with Crippen LogP contribution < -0.4 is 5.69 Å². The molecule has 3 aromatic carbocycles. The molecule has 198 valence electrons. The van der Waals surface area contributed by atoms with Crippen LogP contribution in [-0.4, -0.2) is 35.7 Å². The molecule has 5 rings (SSSR count). The molecule has 5 aromatic rings. The summed E-state index contributed by atoms with van der Waals surface area (Å²) < 4.78 is 30.6. The fraction of sp³-hybridized carbons (Fsp3) is 0.207. The van der Waals surface area contributed by atoms with E-state index in [9.17, 15) is 18.4 Å². The highest BCUT2D eigenvalue weighted by Gasteiger charge is 2.29. The summed E-state index contributed by atoms with van der Waals surface area (Å²) in [6, 6.07) is 23.9. The molecule has 0 aliphatic carbocycles. The molecule has 0 aliphatic rings. The number of carbonyl (C=O) groups is 1. The van der Waals surface area contributed by atoms with Crippen LogP contribution in [0.15, 0.2) is 83.7 Å². The van der Waals surface area contributed by atoms with Crippen molar-refractivity contribution in [3.05, 3.63) is 112 Å². The Bertz CT molecular complexity index is 1630. The van der Waals surface area contributed by atoms with Gasteiger partial charge in [-0.15, -0.1) is 10.2 Å². The van der Waals surface area contributed by atoms with Gasteiger partial charge in [0, 0.05) is 11.3 Å². The van der Waals surface area contributed by atoms with E-state index in [0.29, 0.717) is 22.4 Å². The van der Waals surface area contributed by atoms with Crippen LogP contribution in [0.5, 0.6) is 0 Å². The Labute approximate surface area is 222 Å². The minimum absolute atomic E-state index is 0.0618. The van der Waals surface area contributed by atoms with Gasteiger partial charge in [-0.1, -0.05) is 92.2 Å². The predicted octanol–water partition coefficient (Wildman–Crippen LogP) is 5.32. The zero-order valence-electron chi connectivity index (χ0n) is 21.2. The van der Waals surface area contributed by atoms with Gasteiger partial charge < -0.3 is 0 Å². The summed E-state index contributed by atoms with van der Waals surface area (Å²) in [5.41, 5.74) is 2.90. The Morgan fingerprint density at radius 1 is 0.923 bits per heavy atom. The molecule has 2 heterocycles. The van der Waals surface area contributed by atoms with Crippen molar-refractivity contribution < 1.29 is 13.6 Å². The zero-order chi connectivity index (χ0) is 27.4. The Kier molecular flexibility index (Phi) is 7.53. The van der Waals surface area contributed by atoms with Gasteiger partial charge in [-0.05, 0) is 33.9 Å². The van der Waals surface area contributed by atoms with E-state index in [1.54, 1.807) is 30.3 Å². The Hall–Kier alpha value is -4.73. The second-order valence-electron chi connectivity index (χ2n) is 9.12. The molecule has 0 bridgehead atoms. The molecule has 0 unspecified atom stereocenters. The van der Waals surface area contributed by atoms with Crippen LogP contribution in [0, 0.1) is 0 Å². The smallest absolute Gasteiger partial charge is 0.291 e. The maximum absolute atomic E-state index is 14.3. The van der Waals surface area contributed by atoms with Crippen molar-refractivity contribution in [2.75, 3.05) is 0 Å². The molecule has 0 radical (unpaired) electrons. The third-order valence-corrected chi connectivity index (χ3v) is 6.54.